The van der Waals surface area contributed by atoms with Crippen LogP contribution in [-0.4, -0.2) is 34.5 Å². The van der Waals surface area contributed by atoms with E-state index in [2.05, 4.69) is 0 Å². The van der Waals surface area contributed by atoms with Crippen LogP contribution in [0.2, 0.25) is 0 Å². The van der Waals surface area contributed by atoms with Crippen LogP contribution in [0.1, 0.15) is 30.7 Å². The summed E-state index contributed by atoms with van der Waals surface area (Å²) in [7, 11) is 0. The second kappa shape index (κ2) is 5.71. The lowest BCUT2D eigenvalue weighted by Gasteiger charge is -2.37. The molecule has 2 heterocycles. The molecule has 6 heteroatoms. The fraction of sp³-hybridized carbons (Fsp3) is 0.538. The zero-order valence-corrected chi connectivity index (χ0v) is 11.6. The molecule has 0 spiro atoms. The summed E-state index contributed by atoms with van der Waals surface area (Å²) in [5, 5.41) is 10.9. The van der Waals surface area contributed by atoms with Crippen LogP contribution >= 0.6 is 11.3 Å². The van der Waals surface area contributed by atoms with E-state index in [1.54, 1.807) is 4.90 Å². The quantitative estimate of drug-likeness (QED) is 0.879. The number of likely N-dealkylation sites (tertiary alicyclic amines) is 1. The summed E-state index contributed by atoms with van der Waals surface area (Å²) in [5.74, 6) is -1.24. The predicted octanol–water partition coefficient (Wildman–Crippen LogP) is 1.46. The first-order valence-electron chi connectivity index (χ1n) is 6.33. The van der Waals surface area contributed by atoms with E-state index < -0.39 is 12.0 Å². The van der Waals surface area contributed by atoms with Crippen molar-refractivity contribution in [1.82, 2.24) is 4.90 Å². The number of nitrogens with two attached hydrogens (primary N) is 1. The molecule has 0 aliphatic carbocycles. The molecule has 0 radical (unpaired) electrons. The molecule has 3 unspecified atom stereocenters. The highest BCUT2D eigenvalue weighted by atomic mass is 32.1. The first-order valence-corrected chi connectivity index (χ1v) is 7.21. The molecule has 0 aromatic carbocycles. The van der Waals surface area contributed by atoms with Crippen molar-refractivity contribution in [2.24, 2.45) is 11.7 Å². The SMILES string of the molecule is CC1CC(C(=O)O)CCN1C(=O)C(N)c1cccs1. The Balaban J connectivity index is 2.03. The Morgan fingerprint density at radius 1 is 1.58 bits per heavy atom. The van der Waals surface area contributed by atoms with Gasteiger partial charge >= 0.3 is 5.97 Å². The molecule has 5 nitrogen and oxygen atoms in total. The first kappa shape index (κ1) is 14.0. The number of piperidine rings is 1. The van der Waals surface area contributed by atoms with E-state index in [1.165, 1.54) is 11.3 Å². The lowest BCUT2D eigenvalue weighted by atomic mass is 9.91. The second-order valence-corrected chi connectivity index (χ2v) is 5.91. The minimum absolute atomic E-state index is 0.0756. The molecule has 2 rings (SSSR count). The van der Waals surface area contributed by atoms with Crippen LogP contribution in [-0.2, 0) is 9.59 Å². The monoisotopic (exact) mass is 282 g/mol. The van der Waals surface area contributed by atoms with Crippen molar-refractivity contribution in [3.63, 3.8) is 0 Å². The number of carbonyl (C=O) groups excluding carboxylic acids is 1. The fourth-order valence-corrected chi connectivity index (χ4v) is 3.21. The summed E-state index contributed by atoms with van der Waals surface area (Å²) in [6, 6.07) is 3.01. The van der Waals surface area contributed by atoms with Gasteiger partial charge in [-0.25, -0.2) is 0 Å². The summed E-state index contributed by atoms with van der Waals surface area (Å²) in [6.07, 6.45) is 1.00. The molecule has 1 amide bonds. The Labute approximate surface area is 116 Å². The van der Waals surface area contributed by atoms with E-state index >= 15 is 0 Å². The van der Waals surface area contributed by atoms with Gasteiger partial charge in [0.25, 0.3) is 0 Å². The van der Waals surface area contributed by atoms with Crippen LogP contribution in [0.3, 0.4) is 0 Å². The normalized spacial score (nSPS) is 25.1. The number of hydrogen-bond donors (Lipinski definition) is 2. The van der Waals surface area contributed by atoms with E-state index in [-0.39, 0.29) is 17.9 Å². The molecule has 3 atom stereocenters. The smallest absolute Gasteiger partial charge is 0.306 e. The van der Waals surface area contributed by atoms with Gasteiger partial charge in [-0.1, -0.05) is 6.07 Å². The largest absolute Gasteiger partial charge is 0.481 e. The molecule has 1 aliphatic heterocycles. The Morgan fingerprint density at radius 3 is 2.84 bits per heavy atom. The molecule has 0 bridgehead atoms. The summed E-state index contributed by atoms with van der Waals surface area (Å²) in [4.78, 5) is 25.9. The van der Waals surface area contributed by atoms with Crippen molar-refractivity contribution in [2.45, 2.75) is 31.8 Å². The van der Waals surface area contributed by atoms with Crippen LogP contribution in [0.15, 0.2) is 17.5 Å². The fourth-order valence-electron chi connectivity index (χ4n) is 2.49. The van der Waals surface area contributed by atoms with Gasteiger partial charge < -0.3 is 15.7 Å². The third kappa shape index (κ3) is 2.96. The van der Waals surface area contributed by atoms with Gasteiger partial charge in [-0.3, -0.25) is 9.59 Å². The van der Waals surface area contributed by atoms with Gasteiger partial charge in [-0.15, -0.1) is 11.3 Å². The Bertz CT molecular complexity index is 460. The minimum Gasteiger partial charge on any atom is -0.481 e. The third-order valence-corrected chi connectivity index (χ3v) is 4.58. The Kier molecular flexibility index (Phi) is 4.21. The van der Waals surface area contributed by atoms with Gasteiger partial charge in [0.15, 0.2) is 0 Å². The Hall–Kier alpha value is -1.40. The van der Waals surface area contributed by atoms with Crippen molar-refractivity contribution in [3.8, 4) is 0 Å². The van der Waals surface area contributed by atoms with E-state index in [9.17, 15) is 9.59 Å². The third-order valence-electron chi connectivity index (χ3n) is 3.62. The van der Waals surface area contributed by atoms with E-state index in [1.807, 2.05) is 24.4 Å². The van der Waals surface area contributed by atoms with E-state index in [0.717, 1.165) is 4.88 Å². The average Bonchev–Trinajstić information content (AvgIpc) is 2.90. The maximum atomic E-state index is 12.3. The van der Waals surface area contributed by atoms with Crippen LogP contribution in [0.5, 0.6) is 0 Å². The van der Waals surface area contributed by atoms with Gasteiger partial charge in [0.05, 0.1) is 5.92 Å². The zero-order valence-electron chi connectivity index (χ0n) is 10.8. The average molecular weight is 282 g/mol. The number of carboxylic acid groups (broad SMARTS) is 1. The summed E-state index contributed by atoms with van der Waals surface area (Å²) >= 11 is 1.46. The molecule has 19 heavy (non-hydrogen) atoms. The molecule has 104 valence electrons. The summed E-state index contributed by atoms with van der Waals surface area (Å²) in [5.41, 5.74) is 5.97. The molecular weight excluding hydrogens is 264 g/mol. The van der Waals surface area contributed by atoms with Gasteiger partial charge in [0.2, 0.25) is 5.91 Å². The molecule has 1 aliphatic rings. The lowest BCUT2D eigenvalue weighted by molar-refractivity contribution is -0.147. The maximum Gasteiger partial charge on any atom is 0.306 e. The number of carboxylic acids is 1. The van der Waals surface area contributed by atoms with Gasteiger partial charge in [0.1, 0.15) is 6.04 Å². The van der Waals surface area contributed by atoms with Gasteiger partial charge in [0, 0.05) is 17.5 Å². The lowest BCUT2D eigenvalue weighted by Crippen LogP contribution is -2.49. The zero-order chi connectivity index (χ0) is 14.0. The molecule has 1 fully saturated rings. The number of rotatable bonds is 3. The van der Waals surface area contributed by atoms with Crippen LogP contribution in [0, 0.1) is 5.92 Å². The number of aliphatic carboxylic acids is 1. The van der Waals surface area contributed by atoms with Crippen LogP contribution < -0.4 is 5.73 Å². The standard InChI is InChI=1S/C13H18N2O3S/c1-8-7-9(13(17)18)4-5-15(8)12(16)11(14)10-3-2-6-19-10/h2-3,6,8-9,11H,4-5,7,14H2,1H3,(H,17,18). The molecule has 3 N–H and O–H groups in total. The highest BCUT2D eigenvalue weighted by Gasteiger charge is 2.34. The van der Waals surface area contributed by atoms with E-state index in [0.29, 0.717) is 19.4 Å². The molecule has 1 aromatic rings. The maximum absolute atomic E-state index is 12.3. The Morgan fingerprint density at radius 2 is 2.32 bits per heavy atom. The van der Waals surface area contributed by atoms with Gasteiger partial charge in [-0.2, -0.15) is 0 Å². The van der Waals surface area contributed by atoms with Crippen molar-refractivity contribution in [2.75, 3.05) is 6.54 Å². The van der Waals surface area contributed by atoms with Gasteiger partial charge in [-0.05, 0) is 31.2 Å². The van der Waals surface area contributed by atoms with Crippen molar-refractivity contribution in [1.29, 1.82) is 0 Å². The number of amides is 1. The minimum atomic E-state index is -0.776. The highest BCUT2D eigenvalue weighted by molar-refractivity contribution is 7.10. The van der Waals surface area contributed by atoms with Crippen LogP contribution in [0.4, 0.5) is 0 Å². The van der Waals surface area contributed by atoms with Crippen molar-refractivity contribution < 1.29 is 14.7 Å². The molecule has 0 saturated carbocycles. The number of thiophene rings is 1. The van der Waals surface area contributed by atoms with Crippen molar-refractivity contribution >= 4 is 23.2 Å². The van der Waals surface area contributed by atoms with Crippen molar-refractivity contribution in [3.05, 3.63) is 22.4 Å². The molecular formula is C13H18N2O3S. The summed E-state index contributed by atoms with van der Waals surface area (Å²) in [6.45, 7) is 2.35. The summed E-state index contributed by atoms with van der Waals surface area (Å²) < 4.78 is 0. The number of nitrogens with zero attached hydrogens (tertiary/aromatic N) is 1. The van der Waals surface area contributed by atoms with E-state index in [4.69, 9.17) is 10.8 Å². The molecule has 1 aromatic heterocycles. The second-order valence-electron chi connectivity index (χ2n) is 4.93. The molecule has 1 saturated heterocycles. The number of hydrogen-bond acceptors (Lipinski definition) is 4. The highest BCUT2D eigenvalue weighted by Crippen LogP contribution is 2.26. The predicted molar refractivity (Wildman–Crippen MR) is 72.8 cm³/mol. The topological polar surface area (TPSA) is 83.6 Å². The first-order chi connectivity index (χ1) is 9.00. The number of carbonyl (C=O) groups is 2. The van der Waals surface area contributed by atoms with Crippen LogP contribution in [0.25, 0.3) is 0 Å².